The van der Waals surface area contributed by atoms with Crippen LogP contribution in [0.25, 0.3) is 11.4 Å². The van der Waals surface area contributed by atoms with Gasteiger partial charge in [0.1, 0.15) is 23.5 Å². The quantitative estimate of drug-likeness (QED) is 0.0691. The van der Waals surface area contributed by atoms with Gasteiger partial charge in [0.2, 0.25) is 0 Å². The van der Waals surface area contributed by atoms with Gasteiger partial charge in [-0.1, -0.05) is 18.2 Å². The molecule has 2 aromatic carbocycles. The first-order valence-electron chi connectivity index (χ1n) is 19.5. The zero-order valence-corrected chi connectivity index (χ0v) is 33.3. The number of likely N-dealkylation sites (tertiary alicyclic amines) is 1. The topological polar surface area (TPSA) is 190 Å². The molecule has 1 fully saturated rings. The number of H-pyrrole nitrogens is 1. The number of carbonyl (C=O) groups is 3. The van der Waals surface area contributed by atoms with Crippen molar-refractivity contribution in [3.63, 3.8) is 0 Å². The van der Waals surface area contributed by atoms with Gasteiger partial charge in [0.05, 0.1) is 12.6 Å². The predicted octanol–water partition coefficient (Wildman–Crippen LogP) is 6.75. The largest absolute Gasteiger partial charge is 0.494 e. The first-order valence-corrected chi connectivity index (χ1v) is 19.5. The van der Waals surface area contributed by atoms with Crippen LogP contribution in [0.4, 0.5) is 10.5 Å². The van der Waals surface area contributed by atoms with E-state index < -0.39 is 17.1 Å². The molecule has 0 aliphatic carbocycles. The molecule has 0 bridgehead atoms. The van der Waals surface area contributed by atoms with Crippen molar-refractivity contribution in [3.8, 4) is 17.1 Å². The van der Waals surface area contributed by atoms with Crippen LogP contribution in [0.5, 0.6) is 5.75 Å². The second-order valence-electron chi connectivity index (χ2n) is 15.1. The maximum absolute atomic E-state index is 13.5. The van der Waals surface area contributed by atoms with Gasteiger partial charge in [-0.05, 0) is 114 Å². The number of carboxylic acids is 1. The van der Waals surface area contributed by atoms with Crippen LogP contribution in [0.2, 0.25) is 0 Å². The number of ether oxygens (including phenoxy) is 4. The number of hydrogen-bond donors (Lipinski definition) is 4. The third-order valence-corrected chi connectivity index (χ3v) is 9.39. The normalized spacial score (nSPS) is 14.4. The number of aliphatic carboxylic acids is 1. The molecule has 4 N–H and O–H groups in total. The average Bonchev–Trinajstić information content (AvgIpc) is 3.70. The van der Waals surface area contributed by atoms with Crippen molar-refractivity contribution in [2.45, 2.75) is 83.4 Å². The van der Waals surface area contributed by atoms with E-state index in [0.29, 0.717) is 76.0 Å². The van der Waals surface area contributed by atoms with Crippen LogP contribution in [0.15, 0.2) is 73.1 Å². The van der Waals surface area contributed by atoms with Crippen LogP contribution >= 0.6 is 0 Å². The summed E-state index contributed by atoms with van der Waals surface area (Å²) in [7, 11) is 0. The van der Waals surface area contributed by atoms with Gasteiger partial charge in [-0.15, -0.1) is 0 Å². The van der Waals surface area contributed by atoms with E-state index in [1.807, 2.05) is 82.3 Å². The van der Waals surface area contributed by atoms with Crippen LogP contribution in [-0.2, 0) is 24.5 Å². The number of pyridine rings is 1. The molecule has 4 aromatic rings. The fraction of sp³-hybridized carbons (Fsp3) is 0.476. The zero-order valence-electron chi connectivity index (χ0n) is 33.3. The number of nitrogens with one attached hydrogen (secondary N) is 3. The molecule has 0 saturated carbocycles. The summed E-state index contributed by atoms with van der Waals surface area (Å²) in [6, 6.07) is 18.5. The highest BCUT2D eigenvalue weighted by Gasteiger charge is 2.41. The number of aromatic nitrogens is 4. The third kappa shape index (κ3) is 13.3. The number of carboxylic acid groups (broad SMARTS) is 1. The van der Waals surface area contributed by atoms with Gasteiger partial charge >= 0.3 is 12.1 Å². The molecule has 5 rings (SSSR count). The number of rotatable bonds is 20. The summed E-state index contributed by atoms with van der Waals surface area (Å²) in [6.45, 7) is 10.2. The van der Waals surface area contributed by atoms with Crippen LogP contribution in [-0.4, -0.2) is 99.9 Å². The first-order chi connectivity index (χ1) is 27.4. The molecule has 0 radical (unpaired) electrons. The van der Waals surface area contributed by atoms with Crippen molar-refractivity contribution in [1.82, 2.24) is 30.4 Å². The van der Waals surface area contributed by atoms with Gasteiger partial charge in [0, 0.05) is 62.1 Å². The van der Waals surface area contributed by atoms with Crippen LogP contribution < -0.4 is 15.4 Å². The van der Waals surface area contributed by atoms with E-state index in [4.69, 9.17) is 29.0 Å². The van der Waals surface area contributed by atoms with Gasteiger partial charge in [-0.25, -0.2) is 14.6 Å². The summed E-state index contributed by atoms with van der Waals surface area (Å²) in [5.74, 6) is 0.757. The predicted molar refractivity (Wildman–Crippen MR) is 214 cm³/mol. The molecule has 15 nitrogen and oxygen atoms in total. The van der Waals surface area contributed by atoms with E-state index in [0.717, 1.165) is 41.8 Å². The minimum absolute atomic E-state index is 0.213. The van der Waals surface area contributed by atoms with E-state index in [1.165, 1.54) is 0 Å². The fourth-order valence-electron chi connectivity index (χ4n) is 6.35. The maximum atomic E-state index is 13.5. The molecule has 0 unspecified atom stereocenters. The number of anilines is 1. The molecule has 1 aliphatic rings. The van der Waals surface area contributed by atoms with Crippen molar-refractivity contribution >= 4 is 23.7 Å². The smallest absolute Gasteiger partial charge is 0.410 e. The summed E-state index contributed by atoms with van der Waals surface area (Å²) in [5, 5.41) is 23.0. The highest BCUT2D eigenvalue weighted by Crippen LogP contribution is 2.36. The van der Waals surface area contributed by atoms with Gasteiger partial charge < -0.3 is 39.6 Å². The number of aromatic amines is 1. The van der Waals surface area contributed by atoms with Crippen molar-refractivity contribution in [2.75, 3.05) is 51.4 Å². The number of benzene rings is 2. The van der Waals surface area contributed by atoms with Crippen molar-refractivity contribution < 1.29 is 38.4 Å². The summed E-state index contributed by atoms with van der Waals surface area (Å²) in [5.41, 5.74) is 1.70. The number of piperidine rings is 1. The Kier molecular flexibility index (Phi) is 15.4. The lowest BCUT2D eigenvalue weighted by Gasteiger charge is -2.41. The summed E-state index contributed by atoms with van der Waals surface area (Å²) in [6.07, 6.45) is 7.52. The lowest BCUT2D eigenvalue weighted by Crippen LogP contribution is -2.50. The third-order valence-electron chi connectivity index (χ3n) is 9.39. The van der Waals surface area contributed by atoms with Crippen molar-refractivity contribution in [3.05, 3.63) is 90.0 Å². The fourth-order valence-corrected chi connectivity index (χ4v) is 6.35. The van der Waals surface area contributed by atoms with Crippen molar-refractivity contribution in [2.24, 2.45) is 0 Å². The summed E-state index contributed by atoms with van der Waals surface area (Å²) >= 11 is 0. The van der Waals surface area contributed by atoms with Crippen LogP contribution in [0.1, 0.15) is 94.0 Å². The van der Waals surface area contributed by atoms with Gasteiger partial charge in [-0.2, -0.15) is 5.10 Å². The molecular weight excluding hydrogens is 731 g/mol. The first kappa shape index (κ1) is 42.6. The van der Waals surface area contributed by atoms with Gasteiger partial charge in [-0.3, -0.25) is 14.9 Å². The summed E-state index contributed by atoms with van der Waals surface area (Å²) < 4.78 is 22.1. The number of nitrogens with zero attached hydrogens (tertiary/aromatic N) is 4. The molecule has 0 spiro atoms. The van der Waals surface area contributed by atoms with E-state index in [2.05, 4.69) is 25.8 Å². The lowest BCUT2D eigenvalue weighted by atomic mass is 9.86. The van der Waals surface area contributed by atoms with Crippen LogP contribution in [0, 0.1) is 0 Å². The number of unbranched alkanes of at least 4 members (excludes halogenated alkanes) is 2. The van der Waals surface area contributed by atoms with Crippen molar-refractivity contribution in [1.29, 1.82) is 0 Å². The van der Waals surface area contributed by atoms with E-state index in [9.17, 15) is 14.4 Å². The standard InChI is InChI=1S/C42H55N7O8/c1-30(31-12-14-35(15-13-31)56-27-7-5-6-24-54-25-9-26-55-29-36(50)51)44-38(52)33-10-8-11-34(28-33)46-42(18-22-49(23-19-42)40(53)57-41(2,3)4)39-45-37(47-48-39)32-16-20-43-21-17-32/h8,10-17,20-21,28,30,46H,5-7,9,18-19,22-27,29H2,1-4H3,(H,44,52)(H,50,51)(H,45,47,48)/t30-/m0/s1. The zero-order chi connectivity index (χ0) is 40.7. The Bertz CT molecular complexity index is 1870. The Morgan fingerprint density at radius 1 is 0.912 bits per heavy atom. The molecule has 306 valence electrons. The van der Waals surface area contributed by atoms with E-state index >= 15 is 0 Å². The molecule has 2 aromatic heterocycles. The molecular formula is C42H55N7O8. The molecule has 1 atom stereocenters. The Balaban J connectivity index is 1.13. The summed E-state index contributed by atoms with van der Waals surface area (Å²) in [4.78, 5) is 47.6. The molecule has 1 saturated heterocycles. The van der Waals surface area contributed by atoms with E-state index in [-0.39, 0.29) is 24.6 Å². The Labute approximate surface area is 333 Å². The highest BCUT2D eigenvalue weighted by atomic mass is 16.6. The second kappa shape index (κ2) is 20.6. The van der Waals surface area contributed by atoms with E-state index in [1.54, 1.807) is 23.4 Å². The second-order valence-corrected chi connectivity index (χ2v) is 15.1. The SMILES string of the molecule is C[C@H](NC(=O)c1cccc(NC2(c3nc(-c4ccncc4)n[nH]3)CCN(C(=O)OC(C)(C)C)CC2)c1)c1ccc(OCCCCCOCCCOCC(=O)O)cc1. The Morgan fingerprint density at radius 2 is 1.61 bits per heavy atom. The maximum Gasteiger partial charge on any atom is 0.410 e. The molecule has 1 aliphatic heterocycles. The minimum atomic E-state index is -0.968. The molecule has 15 heteroatoms. The lowest BCUT2D eigenvalue weighted by molar-refractivity contribution is -0.142. The van der Waals surface area contributed by atoms with Crippen LogP contribution in [0.3, 0.4) is 0 Å². The molecule has 57 heavy (non-hydrogen) atoms. The average molecular weight is 786 g/mol. The monoisotopic (exact) mass is 785 g/mol. The highest BCUT2D eigenvalue weighted by molar-refractivity contribution is 5.95. The Hall–Kier alpha value is -5.54. The van der Waals surface area contributed by atoms with Gasteiger partial charge in [0.15, 0.2) is 11.6 Å². The van der Waals surface area contributed by atoms with Gasteiger partial charge in [0.25, 0.3) is 5.91 Å². The Morgan fingerprint density at radius 3 is 2.33 bits per heavy atom. The number of amides is 2. The minimum Gasteiger partial charge on any atom is -0.494 e. The number of hydrogen-bond acceptors (Lipinski definition) is 11. The molecule has 2 amide bonds. The number of carbonyl (C=O) groups excluding carboxylic acids is 2. The molecule has 3 heterocycles.